The second-order valence-corrected chi connectivity index (χ2v) is 9.62. The van der Waals surface area contributed by atoms with Crippen molar-refractivity contribution in [1.82, 2.24) is 4.98 Å². The molecule has 1 aliphatic rings. The third kappa shape index (κ3) is 7.82. The first-order chi connectivity index (χ1) is 19.5. The largest absolute Gasteiger partial charge is 0.465 e. The number of ether oxygens (including phenoxy) is 4. The number of rotatable bonds is 11. The first-order valence-electron chi connectivity index (χ1n) is 13.2. The summed E-state index contributed by atoms with van der Waals surface area (Å²) in [5, 5.41) is 0. The quantitative estimate of drug-likeness (QED) is 0.223. The molecule has 0 N–H and O–H groups in total. The Bertz CT molecular complexity index is 1240. The number of aromatic nitrogens is 1. The first-order valence-corrected chi connectivity index (χ1v) is 13.2. The predicted molar refractivity (Wildman–Crippen MR) is 143 cm³/mol. The van der Waals surface area contributed by atoms with Crippen molar-refractivity contribution in [1.29, 1.82) is 0 Å². The van der Waals surface area contributed by atoms with Gasteiger partial charge in [0.05, 0.1) is 37.6 Å². The Morgan fingerprint density at radius 2 is 1.73 bits per heavy atom. The molecule has 1 aromatic heterocycles. The highest BCUT2D eigenvalue weighted by atomic mass is 19.4. The van der Waals surface area contributed by atoms with Crippen LogP contribution in [0, 0.1) is 11.7 Å². The average molecular weight is 583 g/mol. The van der Waals surface area contributed by atoms with E-state index in [-0.39, 0.29) is 41.9 Å². The number of amides is 1. The van der Waals surface area contributed by atoms with Gasteiger partial charge in [0.15, 0.2) is 11.6 Å². The fourth-order valence-corrected chi connectivity index (χ4v) is 4.86. The van der Waals surface area contributed by atoms with Crippen molar-refractivity contribution < 1.29 is 46.1 Å². The lowest BCUT2D eigenvalue weighted by Crippen LogP contribution is -2.49. The molecule has 41 heavy (non-hydrogen) atoms. The summed E-state index contributed by atoms with van der Waals surface area (Å²) in [4.78, 5) is 31.8. The summed E-state index contributed by atoms with van der Waals surface area (Å²) in [6, 6.07) is 1.87. The molecule has 0 unspecified atom stereocenters. The van der Waals surface area contributed by atoms with Crippen LogP contribution in [0.25, 0.3) is 6.08 Å². The van der Waals surface area contributed by atoms with Gasteiger partial charge in [-0.05, 0) is 31.4 Å². The van der Waals surface area contributed by atoms with Gasteiger partial charge < -0.3 is 23.8 Å². The zero-order valence-electron chi connectivity index (χ0n) is 23.4. The highest BCUT2D eigenvalue weighted by molar-refractivity contribution is 6.04. The van der Waals surface area contributed by atoms with Crippen molar-refractivity contribution in [3.63, 3.8) is 0 Å². The van der Waals surface area contributed by atoms with Crippen LogP contribution in [0.15, 0.2) is 30.5 Å². The molecule has 224 valence electrons. The normalized spacial score (nSPS) is 14.5. The van der Waals surface area contributed by atoms with Gasteiger partial charge >= 0.3 is 12.1 Å². The molecular formula is C29H34F4N2O6. The smallest absolute Gasteiger partial charge is 0.421 e. The highest BCUT2D eigenvalue weighted by Crippen LogP contribution is 2.40. The lowest BCUT2D eigenvalue weighted by molar-refractivity contribution is -0.139. The number of alkyl halides is 3. The molecule has 1 aromatic carbocycles. The van der Waals surface area contributed by atoms with Crippen LogP contribution in [-0.2, 0) is 25.2 Å². The summed E-state index contributed by atoms with van der Waals surface area (Å²) in [7, 11) is 3.95. The number of allylic oxidation sites excluding steroid dienone is 1. The van der Waals surface area contributed by atoms with E-state index in [4.69, 9.17) is 18.9 Å². The molecule has 1 saturated carbocycles. The Morgan fingerprint density at radius 3 is 2.29 bits per heavy atom. The Balaban J connectivity index is 2.16. The average Bonchev–Trinajstić information content (AvgIpc) is 2.95. The number of carbonyl (C=O) groups is 2. The topological polar surface area (TPSA) is 87.2 Å². The zero-order valence-corrected chi connectivity index (χ0v) is 23.4. The number of hydrogen-bond acceptors (Lipinski definition) is 7. The number of benzene rings is 1. The van der Waals surface area contributed by atoms with E-state index in [1.165, 1.54) is 25.2 Å². The second kappa shape index (κ2) is 14.4. The lowest BCUT2D eigenvalue weighted by atomic mass is 9.87. The number of halogens is 4. The molecule has 3 rings (SSSR count). The molecule has 12 heteroatoms. The molecule has 2 aromatic rings. The van der Waals surface area contributed by atoms with Crippen molar-refractivity contribution in [3.8, 4) is 11.6 Å². The lowest BCUT2D eigenvalue weighted by Gasteiger charge is -2.36. The van der Waals surface area contributed by atoms with E-state index in [1.54, 1.807) is 13.0 Å². The van der Waals surface area contributed by atoms with Gasteiger partial charge in [0.25, 0.3) is 0 Å². The minimum Gasteiger partial charge on any atom is -0.465 e. The molecule has 8 nitrogen and oxygen atoms in total. The third-order valence-corrected chi connectivity index (χ3v) is 6.73. The predicted octanol–water partition coefficient (Wildman–Crippen LogP) is 6.43. The standard InChI is InChI=1S/C29H34F4N2O6/c1-5-9-18-12-22(29(31,32)33)26(34-15-18)41-25-13-21(28(37)40-4)24(14-23(25)30)35(20(16-38-2)17-39-3)27(36)19-10-7-6-8-11-19/h5,9,12-15,19-20H,6-8,10-11,16-17H2,1-4H3/b9-5+. The zero-order chi connectivity index (χ0) is 30.2. The maximum Gasteiger partial charge on any atom is 0.421 e. The van der Waals surface area contributed by atoms with E-state index in [0.717, 1.165) is 50.8 Å². The maximum atomic E-state index is 15.6. The van der Waals surface area contributed by atoms with Crippen LogP contribution in [0.5, 0.6) is 11.6 Å². The van der Waals surface area contributed by atoms with Crippen molar-refractivity contribution in [3.05, 3.63) is 53.0 Å². The van der Waals surface area contributed by atoms with Crippen molar-refractivity contribution in [2.75, 3.05) is 39.4 Å². The Kier molecular flexibility index (Phi) is 11.2. The van der Waals surface area contributed by atoms with E-state index in [0.29, 0.717) is 12.8 Å². The molecule has 1 fully saturated rings. The highest BCUT2D eigenvalue weighted by Gasteiger charge is 2.38. The molecule has 1 amide bonds. The van der Waals surface area contributed by atoms with Crippen LogP contribution in [0.3, 0.4) is 0 Å². The number of methoxy groups -OCH3 is 3. The van der Waals surface area contributed by atoms with Crippen LogP contribution in [0.1, 0.15) is 60.5 Å². The number of anilines is 1. The summed E-state index contributed by atoms with van der Waals surface area (Å²) >= 11 is 0. The van der Waals surface area contributed by atoms with Gasteiger partial charge in [-0.15, -0.1) is 0 Å². The molecular weight excluding hydrogens is 548 g/mol. The van der Waals surface area contributed by atoms with Gasteiger partial charge in [0.2, 0.25) is 11.8 Å². The maximum absolute atomic E-state index is 15.6. The van der Waals surface area contributed by atoms with Crippen molar-refractivity contribution >= 4 is 23.6 Å². The monoisotopic (exact) mass is 582 g/mol. The van der Waals surface area contributed by atoms with E-state index in [1.807, 2.05) is 0 Å². The fourth-order valence-electron chi connectivity index (χ4n) is 4.86. The molecule has 0 bridgehead atoms. The molecule has 0 aliphatic heterocycles. The van der Waals surface area contributed by atoms with Gasteiger partial charge in [-0.1, -0.05) is 31.4 Å². The number of nitrogens with zero attached hydrogens (tertiary/aromatic N) is 2. The van der Waals surface area contributed by atoms with Gasteiger partial charge in [0.1, 0.15) is 5.56 Å². The first kappa shape index (κ1) is 32.0. The second-order valence-electron chi connectivity index (χ2n) is 9.62. The van der Waals surface area contributed by atoms with Gasteiger partial charge in [-0.3, -0.25) is 4.79 Å². The van der Waals surface area contributed by atoms with E-state index >= 15 is 4.39 Å². The number of carbonyl (C=O) groups excluding carboxylic acids is 2. The summed E-state index contributed by atoms with van der Waals surface area (Å²) in [5.74, 6) is -4.39. The summed E-state index contributed by atoms with van der Waals surface area (Å²) in [6.45, 7) is 1.64. The fraction of sp³-hybridized carbons (Fsp3) is 0.483. The van der Waals surface area contributed by atoms with E-state index in [9.17, 15) is 22.8 Å². The van der Waals surface area contributed by atoms with Crippen LogP contribution < -0.4 is 9.64 Å². The molecule has 0 spiro atoms. The summed E-state index contributed by atoms with van der Waals surface area (Å²) in [6.07, 6.45) is 3.15. The number of pyridine rings is 1. The molecule has 1 aliphatic carbocycles. The van der Waals surface area contributed by atoms with Crippen LogP contribution in [0.2, 0.25) is 0 Å². The van der Waals surface area contributed by atoms with Crippen molar-refractivity contribution in [2.24, 2.45) is 5.92 Å². The SMILES string of the molecule is C/C=C/c1cnc(Oc2cc(C(=O)OC)c(N(C(=O)C3CCCCC3)C(COC)COC)cc2F)c(C(F)(F)F)c1. The van der Waals surface area contributed by atoms with E-state index < -0.39 is 41.2 Å². The molecule has 1 heterocycles. The minimum atomic E-state index is -4.86. The van der Waals surface area contributed by atoms with Crippen LogP contribution in [-0.4, -0.2) is 57.4 Å². The molecule has 0 atom stereocenters. The van der Waals surface area contributed by atoms with Gasteiger partial charge in [-0.25, -0.2) is 14.2 Å². The molecule has 0 radical (unpaired) electrons. The Hall–Kier alpha value is -3.51. The Morgan fingerprint density at radius 1 is 1.07 bits per heavy atom. The van der Waals surface area contributed by atoms with E-state index in [2.05, 4.69) is 4.98 Å². The van der Waals surface area contributed by atoms with Crippen LogP contribution in [0.4, 0.5) is 23.2 Å². The van der Waals surface area contributed by atoms with Crippen LogP contribution >= 0.6 is 0 Å². The van der Waals surface area contributed by atoms with Gasteiger partial charge in [-0.2, -0.15) is 13.2 Å². The third-order valence-electron chi connectivity index (χ3n) is 6.73. The number of hydrogen-bond donors (Lipinski definition) is 0. The van der Waals surface area contributed by atoms with Gasteiger partial charge in [0, 0.05) is 38.5 Å². The number of esters is 1. The van der Waals surface area contributed by atoms with Crippen molar-refractivity contribution in [2.45, 2.75) is 51.2 Å². The molecule has 0 saturated heterocycles. The summed E-state index contributed by atoms with van der Waals surface area (Å²) < 4.78 is 77.9. The minimum absolute atomic E-state index is 0.00417. The Labute approximate surface area is 236 Å². The summed E-state index contributed by atoms with van der Waals surface area (Å²) in [5.41, 5.74) is -1.49.